The van der Waals surface area contributed by atoms with Crippen LogP contribution in [-0.2, 0) is 16.2 Å². The molecule has 1 rings (SSSR count). The van der Waals surface area contributed by atoms with Crippen molar-refractivity contribution in [3.8, 4) is 0 Å². The standard InChI is InChI=1S/C12H15F3N2O2S2/c1-2-3-6-21(18,19)17-10-5-4-8(12(13,14)15)7-9(10)11(16)20/h4-5,7,17H,2-3,6H2,1H3,(H2,16,20). The van der Waals surface area contributed by atoms with Crippen LogP contribution >= 0.6 is 12.2 Å². The van der Waals surface area contributed by atoms with E-state index in [1.54, 1.807) is 0 Å². The molecule has 1 aromatic carbocycles. The summed E-state index contributed by atoms with van der Waals surface area (Å²) in [6, 6.07) is 2.53. The number of nitrogens with two attached hydrogens (primary N) is 1. The summed E-state index contributed by atoms with van der Waals surface area (Å²) in [4.78, 5) is -0.311. The first-order valence-electron chi connectivity index (χ1n) is 6.08. The van der Waals surface area contributed by atoms with Gasteiger partial charge in [-0.2, -0.15) is 13.2 Å². The Morgan fingerprint density at radius 1 is 1.38 bits per heavy atom. The summed E-state index contributed by atoms with van der Waals surface area (Å²) < 4.78 is 63.7. The highest BCUT2D eigenvalue weighted by atomic mass is 32.2. The van der Waals surface area contributed by atoms with Gasteiger partial charge < -0.3 is 5.73 Å². The molecule has 0 aromatic heterocycles. The number of hydrogen-bond donors (Lipinski definition) is 2. The molecule has 0 amide bonds. The zero-order valence-electron chi connectivity index (χ0n) is 11.2. The summed E-state index contributed by atoms with van der Waals surface area (Å²) >= 11 is 4.68. The normalized spacial score (nSPS) is 12.2. The van der Waals surface area contributed by atoms with Crippen LogP contribution in [0.1, 0.15) is 30.9 Å². The third kappa shape index (κ3) is 5.16. The van der Waals surface area contributed by atoms with Crippen molar-refractivity contribution in [2.45, 2.75) is 25.9 Å². The molecule has 0 bridgehead atoms. The highest BCUT2D eigenvalue weighted by molar-refractivity contribution is 7.92. The topological polar surface area (TPSA) is 72.2 Å². The van der Waals surface area contributed by atoms with Crippen molar-refractivity contribution in [2.24, 2.45) is 5.73 Å². The van der Waals surface area contributed by atoms with Gasteiger partial charge in [-0.15, -0.1) is 0 Å². The number of unbranched alkanes of at least 4 members (excludes halogenated alkanes) is 1. The van der Waals surface area contributed by atoms with E-state index < -0.39 is 21.8 Å². The molecule has 9 heteroatoms. The van der Waals surface area contributed by atoms with E-state index in [9.17, 15) is 21.6 Å². The number of halogens is 3. The second kappa shape index (κ2) is 6.61. The van der Waals surface area contributed by atoms with Crippen LogP contribution < -0.4 is 10.5 Å². The van der Waals surface area contributed by atoms with E-state index in [2.05, 4.69) is 16.9 Å². The molecule has 0 aliphatic heterocycles. The lowest BCUT2D eigenvalue weighted by atomic mass is 10.1. The van der Waals surface area contributed by atoms with Crippen LogP contribution in [0.2, 0.25) is 0 Å². The number of alkyl halides is 3. The van der Waals surface area contributed by atoms with Gasteiger partial charge in [-0.25, -0.2) is 8.42 Å². The van der Waals surface area contributed by atoms with Crippen LogP contribution in [0.3, 0.4) is 0 Å². The molecule has 3 N–H and O–H groups in total. The number of hydrogen-bond acceptors (Lipinski definition) is 3. The summed E-state index contributed by atoms with van der Waals surface area (Å²) in [6.07, 6.45) is -3.44. The van der Waals surface area contributed by atoms with Gasteiger partial charge in [0.05, 0.1) is 17.0 Å². The Morgan fingerprint density at radius 2 is 2.00 bits per heavy atom. The maximum absolute atomic E-state index is 12.6. The SMILES string of the molecule is CCCCS(=O)(=O)Nc1ccc(C(F)(F)F)cc1C(N)=S. The van der Waals surface area contributed by atoms with E-state index in [0.717, 1.165) is 18.2 Å². The van der Waals surface area contributed by atoms with Crippen LogP contribution in [-0.4, -0.2) is 19.2 Å². The van der Waals surface area contributed by atoms with Gasteiger partial charge in [-0.3, -0.25) is 4.72 Å². The molecule has 0 aliphatic carbocycles. The number of rotatable bonds is 6. The van der Waals surface area contributed by atoms with Crippen molar-refractivity contribution in [3.63, 3.8) is 0 Å². The fraction of sp³-hybridized carbons (Fsp3) is 0.417. The van der Waals surface area contributed by atoms with Gasteiger partial charge in [-0.1, -0.05) is 25.6 Å². The largest absolute Gasteiger partial charge is 0.416 e. The van der Waals surface area contributed by atoms with E-state index in [4.69, 9.17) is 5.73 Å². The summed E-state index contributed by atoms with van der Waals surface area (Å²) in [5.74, 6) is -0.124. The minimum atomic E-state index is -4.56. The summed E-state index contributed by atoms with van der Waals surface area (Å²) in [5.41, 5.74) is 4.23. The van der Waals surface area contributed by atoms with Crippen molar-refractivity contribution in [1.29, 1.82) is 0 Å². The Bertz CT molecular complexity index is 628. The molecule has 21 heavy (non-hydrogen) atoms. The Morgan fingerprint density at radius 3 is 2.48 bits per heavy atom. The molecule has 0 unspecified atom stereocenters. The van der Waals surface area contributed by atoms with E-state index in [-0.39, 0.29) is 22.0 Å². The van der Waals surface area contributed by atoms with E-state index in [0.29, 0.717) is 12.8 Å². The van der Waals surface area contributed by atoms with Crippen LogP contribution in [0.5, 0.6) is 0 Å². The first kappa shape index (κ1) is 17.7. The third-order valence-corrected chi connectivity index (χ3v) is 4.22. The minimum Gasteiger partial charge on any atom is -0.389 e. The molecule has 0 saturated carbocycles. The predicted molar refractivity (Wildman–Crippen MR) is 79.6 cm³/mol. The maximum atomic E-state index is 12.6. The number of benzene rings is 1. The van der Waals surface area contributed by atoms with Gasteiger partial charge in [-0.05, 0) is 24.6 Å². The summed E-state index contributed by atoms with van der Waals surface area (Å²) in [5, 5.41) is 0. The molecule has 0 aliphatic rings. The predicted octanol–water partition coefficient (Wildman–Crippen LogP) is 2.88. The Balaban J connectivity index is 3.17. The zero-order valence-corrected chi connectivity index (χ0v) is 12.8. The summed E-state index contributed by atoms with van der Waals surface area (Å²) in [6.45, 7) is 1.83. The minimum absolute atomic E-state index is 0.0494. The van der Waals surface area contributed by atoms with Crippen molar-refractivity contribution in [1.82, 2.24) is 0 Å². The summed E-state index contributed by atoms with van der Waals surface area (Å²) in [7, 11) is -3.65. The third-order valence-electron chi connectivity index (χ3n) is 2.64. The molecule has 0 fully saturated rings. The van der Waals surface area contributed by atoms with E-state index >= 15 is 0 Å². The van der Waals surface area contributed by atoms with Crippen molar-refractivity contribution in [2.75, 3.05) is 10.5 Å². The molecule has 0 spiro atoms. The lowest BCUT2D eigenvalue weighted by molar-refractivity contribution is -0.137. The van der Waals surface area contributed by atoms with Crippen molar-refractivity contribution < 1.29 is 21.6 Å². The molecule has 0 atom stereocenters. The van der Waals surface area contributed by atoms with Gasteiger partial charge in [0.2, 0.25) is 10.0 Å². The van der Waals surface area contributed by atoms with Crippen molar-refractivity contribution >= 4 is 32.9 Å². The van der Waals surface area contributed by atoms with Gasteiger partial charge in [0.1, 0.15) is 4.99 Å². The number of anilines is 1. The maximum Gasteiger partial charge on any atom is 0.416 e. The van der Waals surface area contributed by atoms with Crippen molar-refractivity contribution in [3.05, 3.63) is 29.3 Å². The van der Waals surface area contributed by atoms with Gasteiger partial charge in [0.25, 0.3) is 0 Å². The number of nitrogens with one attached hydrogen (secondary N) is 1. The Hall–Kier alpha value is -1.35. The second-order valence-corrected chi connectivity index (χ2v) is 6.68. The smallest absolute Gasteiger partial charge is 0.389 e. The molecular formula is C12H15F3N2O2S2. The highest BCUT2D eigenvalue weighted by Gasteiger charge is 2.31. The van der Waals surface area contributed by atoms with Gasteiger partial charge >= 0.3 is 6.18 Å². The quantitative estimate of drug-likeness (QED) is 0.781. The molecule has 4 nitrogen and oxygen atoms in total. The average Bonchev–Trinajstić information content (AvgIpc) is 2.34. The lowest BCUT2D eigenvalue weighted by Gasteiger charge is -2.14. The first-order chi connectivity index (χ1) is 9.57. The van der Waals surface area contributed by atoms with Crippen LogP contribution in [0, 0.1) is 0 Å². The van der Waals surface area contributed by atoms with E-state index in [1.807, 2.05) is 6.92 Å². The molecule has 0 saturated heterocycles. The monoisotopic (exact) mass is 340 g/mol. The van der Waals surface area contributed by atoms with Crippen LogP contribution in [0.15, 0.2) is 18.2 Å². The van der Waals surface area contributed by atoms with Gasteiger partial charge in [0.15, 0.2) is 0 Å². The number of thiocarbonyl (C=S) groups is 1. The average molecular weight is 340 g/mol. The molecular weight excluding hydrogens is 325 g/mol. The molecule has 0 radical (unpaired) electrons. The van der Waals surface area contributed by atoms with Gasteiger partial charge in [0, 0.05) is 5.56 Å². The molecule has 118 valence electrons. The molecule has 1 aromatic rings. The van der Waals surface area contributed by atoms with E-state index in [1.165, 1.54) is 0 Å². The van der Waals surface area contributed by atoms with Crippen LogP contribution in [0.25, 0.3) is 0 Å². The lowest BCUT2D eigenvalue weighted by Crippen LogP contribution is -2.21. The van der Waals surface area contributed by atoms with Crippen LogP contribution in [0.4, 0.5) is 18.9 Å². The second-order valence-electron chi connectivity index (χ2n) is 4.40. The Labute approximate surface area is 126 Å². The highest BCUT2D eigenvalue weighted by Crippen LogP contribution is 2.32. The Kier molecular flexibility index (Phi) is 5.57. The fourth-order valence-corrected chi connectivity index (χ4v) is 3.02. The number of sulfonamides is 1. The zero-order chi connectivity index (χ0) is 16.3. The molecule has 0 heterocycles. The first-order valence-corrected chi connectivity index (χ1v) is 8.14. The fourth-order valence-electron chi connectivity index (χ4n) is 1.57.